The summed E-state index contributed by atoms with van der Waals surface area (Å²) in [5, 5.41) is 2.19. The van der Waals surface area contributed by atoms with Crippen molar-refractivity contribution in [2.75, 3.05) is 11.3 Å². The van der Waals surface area contributed by atoms with Gasteiger partial charge in [-0.3, -0.25) is 9.52 Å². The molecule has 0 bridgehead atoms. The van der Waals surface area contributed by atoms with Gasteiger partial charge in [-0.25, -0.2) is 8.42 Å². The van der Waals surface area contributed by atoms with Crippen molar-refractivity contribution in [1.82, 2.24) is 0 Å². The van der Waals surface area contributed by atoms with E-state index in [0.29, 0.717) is 22.7 Å². The number of thiophene rings is 1. The van der Waals surface area contributed by atoms with Crippen LogP contribution in [0.4, 0.5) is 5.69 Å². The van der Waals surface area contributed by atoms with E-state index < -0.39 is 10.0 Å². The highest BCUT2D eigenvalue weighted by Crippen LogP contribution is 2.28. The molecule has 2 rings (SSSR count). The summed E-state index contributed by atoms with van der Waals surface area (Å²) in [5.74, 6) is -0.458. The molecule has 1 N–H and O–H groups in total. The Morgan fingerprint density at radius 3 is 2.72 bits per heavy atom. The molecule has 1 heterocycles. The Morgan fingerprint density at radius 1 is 1.32 bits per heavy atom. The van der Waals surface area contributed by atoms with Crippen molar-refractivity contribution in [1.29, 1.82) is 0 Å². The van der Waals surface area contributed by atoms with Crippen LogP contribution < -0.4 is 4.72 Å². The Labute approximate surface area is 157 Å². The number of rotatable bonds is 7. The number of esters is 1. The molecule has 136 valence electrons. The number of ether oxygens (including phenoxy) is 1. The Kier molecular flexibility index (Phi) is 6.48. The molecular weight excluding hydrogens is 382 g/mol. The number of benzene rings is 1. The minimum atomic E-state index is -3.75. The van der Waals surface area contributed by atoms with E-state index in [4.69, 9.17) is 16.3 Å². The van der Waals surface area contributed by atoms with Gasteiger partial charge < -0.3 is 4.74 Å². The van der Waals surface area contributed by atoms with Gasteiger partial charge in [0.1, 0.15) is 0 Å². The maximum absolute atomic E-state index is 12.6. The van der Waals surface area contributed by atoms with Crippen LogP contribution in [0.2, 0.25) is 5.02 Å². The maximum atomic E-state index is 12.6. The van der Waals surface area contributed by atoms with E-state index in [1.807, 2.05) is 0 Å². The van der Waals surface area contributed by atoms with Crippen molar-refractivity contribution in [2.24, 2.45) is 5.92 Å². The number of carbonyl (C=O) groups excluding carboxylic acids is 1. The Balaban J connectivity index is 2.12. The van der Waals surface area contributed by atoms with E-state index in [9.17, 15) is 13.2 Å². The van der Waals surface area contributed by atoms with Crippen molar-refractivity contribution in [3.05, 3.63) is 45.1 Å². The highest BCUT2D eigenvalue weighted by Gasteiger charge is 2.20. The van der Waals surface area contributed by atoms with Crippen molar-refractivity contribution >= 4 is 44.6 Å². The third kappa shape index (κ3) is 4.96. The van der Waals surface area contributed by atoms with Crippen LogP contribution in [0.25, 0.3) is 0 Å². The van der Waals surface area contributed by atoms with Crippen LogP contribution in [0, 0.1) is 12.8 Å². The molecule has 0 aliphatic rings. The fourth-order valence-corrected chi connectivity index (χ4v) is 4.59. The third-order valence-corrected chi connectivity index (χ3v) is 6.44. The Bertz CT molecular complexity index is 859. The third-order valence-electron chi connectivity index (χ3n) is 3.54. The van der Waals surface area contributed by atoms with Gasteiger partial charge in [0.15, 0.2) is 0 Å². The lowest BCUT2D eigenvalue weighted by atomic mass is 10.2. The quantitative estimate of drug-likeness (QED) is 0.704. The average molecular weight is 402 g/mol. The molecule has 0 spiro atoms. The van der Waals surface area contributed by atoms with Crippen LogP contribution in [-0.4, -0.2) is 21.0 Å². The van der Waals surface area contributed by atoms with Crippen molar-refractivity contribution in [3.8, 4) is 0 Å². The summed E-state index contributed by atoms with van der Waals surface area (Å²) in [6, 6.07) is 6.46. The summed E-state index contributed by atoms with van der Waals surface area (Å²) in [7, 11) is -3.75. The van der Waals surface area contributed by atoms with Gasteiger partial charge in [-0.1, -0.05) is 31.5 Å². The fraction of sp³-hybridized carbons (Fsp3) is 0.353. The summed E-state index contributed by atoms with van der Waals surface area (Å²) in [6.07, 6.45) is 0.447. The first kappa shape index (κ1) is 19.8. The fourth-order valence-electron chi connectivity index (χ4n) is 2.11. The maximum Gasteiger partial charge on any atom is 0.308 e. The van der Waals surface area contributed by atoms with Crippen molar-refractivity contribution < 1.29 is 17.9 Å². The monoisotopic (exact) mass is 401 g/mol. The van der Waals surface area contributed by atoms with E-state index in [1.54, 1.807) is 44.4 Å². The second-order valence-corrected chi connectivity index (χ2v) is 8.86. The van der Waals surface area contributed by atoms with Crippen LogP contribution in [0.5, 0.6) is 0 Å². The number of sulfonamides is 1. The molecule has 25 heavy (non-hydrogen) atoms. The predicted octanol–water partition coefficient (Wildman–Crippen LogP) is 4.25. The number of nitrogens with one attached hydrogen (secondary N) is 1. The molecule has 0 saturated carbocycles. The molecule has 0 radical (unpaired) electrons. The van der Waals surface area contributed by atoms with Crippen LogP contribution in [0.3, 0.4) is 0 Å². The zero-order chi connectivity index (χ0) is 18.6. The first-order chi connectivity index (χ1) is 11.7. The standard InChI is InChI=1S/C17H20ClNO4S2/c1-11(2)17(20)23-9-7-15-14(8-10-24-15)19-25(21,22)16-6-4-5-13(18)12(16)3/h4-6,8,10-11,19H,7,9H2,1-3H3. The summed E-state index contributed by atoms with van der Waals surface area (Å²) in [6.45, 7) is 5.40. The molecule has 0 atom stereocenters. The summed E-state index contributed by atoms with van der Waals surface area (Å²) in [5.41, 5.74) is 0.990. The smallest absolute Gasteiger partial charge is 0.308 e. The summed E-state index contributed by atoms with van der Waals surface area (Å²) < 4.78 is 33.0. The van der Waals surface area contributed by atoms with E-state index >= 15 is 0 Å². The van der Waals surface area contributed by atoms with E-state index in [2.05, 4.69) is 4.72 Å². The highest BCUT2D eigenvalue weighted by atomic mass is 35.5. The molecule has 0 aliphatic heterocycles. The first-order valence-electron chi connectivity index (χ1n) is 7.73. The minimum absolute atomic E-state index is 0.142. The first-order valence-corrected chi connectivity index (χ1v) is 10.5. The predicted molar refractivity (Wildman–Crippen MR) is 101 cm³/mol. The lowest BCUT2D eigenvalue weighted by molar-refractivity contribution is -0.147. The lowest BCUT2D eigenvalue weighted by Crippen LogP contribution is -2.16. The molecule has 1 aromatic carbocycles. The molecule has 0 saturated heterocycles. The zero-order valence-corrected chi connectivity index (χ0v) is 16.6. The SMILES string of the molecule is Cc1c(Cl)cccc1S(=O)(=O)Nc1ccsc1CCOC(=O)C(C)C. The summed E-state index contributed by atoms with van der Waals surface area (Å²) in [4.78, 5) is 12.4. The van der Waals surface area contributed by atoms with Gasteiger partial charge in [-0.2, -0.15) is 0 Å². The number of halogens is 1. The minimum Gasteiger partial charge on any atom is -0.465 e. The van der Waals surface area contributed by atoms with Crippen LogP contribution >= 0.6 is 22.9 Å². The van der Waals surface area contributed by atoms with Crippen molar-refractivity contribution in [2.45, 2.75) is 32.1 Å². The molecular formula is C17H20ClNO4S2. The second kappa shape index (κ2) is 8.21. The van der Waals surface area contributed by atoms with Crippen LogP contribution in [-0.2, 0) is 26.0 Å². The van der Waals surface area contributed by atoms with Gasteiger partial charge in [0.05, 0.1) is 23.1 Å². The Hall–Kier alpha value is -1.57. The van der Waals surface area contributed by atoms with E-state index in [0.717, 1.165) is 4.88 Å². The molecule has 2 aromatic rings. The molecule has 0 amide bonds. The number of hydrogen-bond donors (Lipinski definition) is 1. The topological polar surface area (TPSA) is 72.5 Å². The second-order valence-electron chi connectivity index (χ2n) is 5.80. The largest absolute Gasteiger partial charge is 0.465 e. The van der Waals surface area contributed by atoms with Gasteiger partial charge in [-0.15, -0.1) is 11.3 Å². The van der Waals surface area contributed by atoms with Gasteiger partial charge in [0.25, 0.3) is 10.0 Å². The Morgan fingerprint density at radius 2 is 2.04 bits per heavy atom. The van der Waals surface area contributed by atoms with Crippen LogP contribution in [0.1, 0.15) is 24.3 Å². The van der Waals surface area contributed by atoms with Gasteiger partial charge in [-0.05, 0) is 36.1 Å². The molecule has 0 unspecified atom stereocenters. The number of carbonyl (C=O) groups is 1. The number of hydrogen-bond acceptors (Lipinski definition) is 5. The molecule has 5 nitrogen and oxygen atoms in total. The zero-order valence-electron chi connectivity index (χ0n) is 14.2. The van der Waals surface area contributed by atoms with Crippen LogP contribution in [0.15, 0.2) is 34.5 Å². The lowest BCUT2D eigenvalue weighted by Gasteiger charge is -2.12. The van der Waals surface area contributed by atoms with E-state index in [1.165, 1.54) is 17.4 Å². The van der Waals surface area contributed by atoms with Gasteiger partial charge in [0.2, 0.25) is 0 Å². The molecule has 1 aromatic heterocycles. The number of anilines is 1. The molecule has 0 fully saturated rings. The molecule has 0 aliphatic carbocycles. The van der Waals surface area contributed by atoms with Gasteiger partial charge in [0, 0.05) is 16.3 Å². The summed E-state index contributed by atoms with van der Waals surface area (Å²) >= 11 is 7.43. The average Bonchev–Trinajstić information content (AvgIpc) is 2.96. The highest BCUT2D eigenvalue weighted by molar-refractivity contribution is 7.92. The molecule has 8 heteroatoms. The normalized spacial score (nSPS) is 11.6. The van der Waals surface area contributed by atoms with E-state index in [-0.39, 0.29) is 23.4 Å². The van der Waals surface area contributed by atoms with Gasteiger partial charge >= 0.3 is 5.97 Å². The van der Waals surface area contributed by atoms with Crippen molar-refractivity contribution in [3.63, 3.8) is 0 Å².